The molecule has 1 rings (SSSR count). The second-order valence-corrected chi connectivity index (χ2v) is 15.6. The molecule has 6 atom stereocenters. The molecule has 0 aromatic carbocycles. The fraction of sp³-hybridized carbons (Fsp3) is 0.809. The van der Waals surface area contributed by atoms with Gasteiger partial charge in [0.25, 0.3) is 0 Å². The molecule has 1 aliphatic rings. The molecule has 2 unspecified atom stereocenters. The highest BCUT2D eigenvalue weighted by Gasteiger charge is 2.44. The molecule has 0 radical (unpaired) electrons. The van der Waals surface area contributed by atoms with Crippen LogP contribution in [0.3, 0.4) is 0 Å². The second-order valence-electron chi connectivity index (χ2n) is 15.6. The van der Waals surface area contributed by atoms with Crippen molar-refractivity contribution in [3.05, 3.63) is 42.2 Å². The summed E-state index contributed by atoms with van der Waals surface area (Å²) in [6.45, 7) is 3.34. The molecule has 330 valence electrons. The molecule has 0 amide bonds. The lowest BCUT2D eigenvalue weighted by molar-refractivity contribution is -0.305. The normalized spacial score (nSPS) is 20.1. The van der Waals surface area contributed by atoms with Gasteiger partial charge in [-0.1, -0.05) is 134 Å². The quantitative estimate of drug-likeness (QED) is 0.0207. The summed E-state index contributed by atoms with van der Waals surface area (Å²) in [5.74, 6) is -0.880. The molecule has 0 saturated carbocycles. The van der Waals surface area contributed by atoms with Crippen molar-refractivity contribution < 1.29 is 49.0 Å². The molecule has 4 N–H and O–H groups in total. The van der Waals surface area contributed by atoms with E-state index < -0.39 is 55.4 Å². The predicted octanol–water partition coefficient (Wildman–Crippen LogP) is 9.65. The maximum atomic E-state index is 12.7. The summed E-state index contributed by atoms with van der Waals surface area (Å²) in [5, 5.41) is 40.1. The maximum Gasteiger partial charge on any atom is 0.306 e. The zero-order chi connectivity index (χ0) is 41.6. The molecule has 10 nitrogen and oxygen atoms in total. The molecule has 1 fully saturated rings. The van der Waals surface area contributed by atoms with Gasteiger partial charge in [-0.15, -0.1) is 5.73 Å². The van der Waals surface area contributed by atoms with Crippen molar-refractivity contribution >= 4 is 11.9 Å². The van der Waals surface area contributed by atoms with Crippen molar-refractivity contribution in [1.29, 1.82) is 0 Å². The van der Waals surface area contributed by atoms with Gasteiger partial charge >= 0.3 is 11.9 Å². The van der Waals surface area contributed by atoms with E-state index in [-0.39, 0.29) is 26.1 Å². The highest BCUT2D eigenvalue weighted by atomic mass is 16.7. The first-order valence-electron chi connectivity index (χ1n) is 22.8. The summed E-state index contributed by atoms with van der Waals surface area (Å²) in [5.41, 5.74) is 3.29. The van der Waals surface area contributed by atoms with Crippen LogP contribution in [0.5, 0.6) is 0 Å². The lowest BCUT2D eigenvalue weighted by Gasteiger charge is -2.39. The van der Waals surface area contributed by atoms with Crippen molar-refractivity contribution in [2.45, 2.75) is 224 Å². The third-order valence-electron chi connectivity index (χ3n) is 10.3. The number of aliphatic hydroxyl groups is 4. The van der Waals surface area contributed by atoms with Crippen LogP contribution in [-0.2, 0) is 28.5 Å². The fourth-order valence-corrected chi connectivity index (χ4v) is 6.62. The van der Waals surface area contributed by atoms with Crippen molar-refractivity contribution in [1.82, 2.24) is 0 Å². The number of aliphatic hydroxyl groups excluding tert-OH is 4. The van der Waals surface area contributed by atoms with Gasteiger partial charge in [0.1, 0.15) is 31.0 Å². The molecule has 0 aromatic rings. The summed E-state index contributed by atoms with van der Waals surface area (Å²) in [7, 11) is 0. The lowest BCUT2D eigenvalue weighted by atomic mass is 9.99. The van der Waals surface area contributed by atoms with Crippen LogP contribution in [0.2, 0.25) is 0 Å². The molecule has 1 aliphatic heterocycles. The molecule has 10 heteroatoms. The highest BCUT2D eigenvalue weighted by molar-refractivity contribution is 5.70. The summed E-state index contributed by atoms with van der Waals surface area (Å²) in [4.78, 5) is 25.3. The van der Waals surface area contributed by atoms with Crippen molar-refractivity contribution in [3.8, 4) is 0 Å². The van der Waals surface area contributed by atoms with Crippen LogP contribution in [0.1, 0.15) is 187 Å². The van der Waals surface area contributed by atoms with Crippen LogP contribution in [0, 0.1) is 0 Å². The third-order valence-corrected chi connectivity index (χ3v) is 10.3. The SMILES string of the molecule is CCCCCCCC=C=CCCCCCCCC(=O)OC[C@H](CO[C@@H]1O[C@H](CO)[C@H](O)C(O)C1O)OC(=O)CCC/C=C/C/C=C/CCCCCCCCCCC. The smallest absolute Gasteiger partial charge is 0.306 e. The monoisotopic (exact) mass is 807 g/mol. The maximum absolute atomic E-state index is 12.7. The topological polar surface area (TPSA) is 152 Å². The van der Waals surface area contributed by atoms with Gasteiger partial charge < -0.3 is 39.4 Å². The van der Waals surface area contributed by atoms with Crippen molar-refractivity contribution in [2.75, 3.05) is 19.8 Å². The number of hydrogen-bond donors (Lipinski definition) is 4. The van der Waals surface area contributed by atoms with Gasteiger partial charge in [0, 0.05) is 12.8 Å². The molecule has 0 aliphatic carbocycles. The summed E-state index contributed by atoms with van der Waals surface area (Å²) in [6.07, 6.45) is 33.6. The Morgan fingerprint density at radius 1 is 0.596 bits per heavy atom. The molecular weight excluding hydrogens is 725 g/mol. The summed E-state index contributed by atoms with van der Waals surface area (Å²) >= 11 is 0. The number of carbonyl (C=O) groups excluding carboxylic acids is 2. The predicted molar refractivity (Wildman–Crippen MR) is 227 cm³/mol. The second kappa shape index (κ2) is 37.9. The van der Waals surface area contributed by atoms with Crippen LogP contribution < -0.4 is 0 Å². The third kappa shape index (κ3) is 29.5. The van der Waals surface area contributed by atoms with E-state index in [1.807, 2.05) is 0 Å². The Labute approximate surface area is 346 Å². The average Bonchev–Trinajstić information content (AvgIpc) is 3.21. The largest absolute Gasteiger partial charge is 0.462 e. The summed E-state index contributed by atoms with van der Waals surface area (Å²) in [6, 6.07) is 0. The van der Waals surface area contributed by atoms with E-state index in [4.69, 9.17) is 18.9 Å². The fourth-order valence-electron chi connectivity index (χ4n) is 6.62. The zero-order valence-corrected chi connectivity index (χ0v) is 35.9. The Kier molecular flexibility index (Phi) is 35.1. The van der Waals surface area contributed by atoms with E-state index in [0.29, 0.717) is 12.8 Å². The minimum Gasteiger partial charge on any atom is -0.462 e. The molecule has 0 aromatic heterocycles. The number of ether oxygens (including phenoxy) is 4. The molecule has 57 heavy (non-hydrogen) atoms. The van der Waals surface area contributed by atoms with E-state index in [1.165, 1.54) is 89.9 Å². The van der Waals surface area contributed by atoms with E-state index in [0.717, 1.165) is 57.8 Å². The van der Waals surface area contributed by atoms with Gasteiger partial charge in [0.15, 0.2) is 12.4 Å². The number of hydrogen-bond acceptors (Lipinski definition) is 10. The van der Waals surface area contributed by atoms with Crippen LogP contribution in [0.25, 0.3) is 0 Å². The minimum absolute atomic E-state index is 0.161. The molecule has 1 heterocycles. The molecular formula is C47H82O10. The molecule has 0 spiro atoms. The Balaban J connectivity index is 2.38. The lowest BCUT2D eigenvalue weighted by Crippen LogP contribution is -2.59. The zero-order valence-electron chi connectivity index (χ0n) is 35.9. The van der Waals surface area contributed by atoms with Crippen LogP contribution in [0.4, 0.5) is 0 Å². The Bertz CT molecular complexity index is 1080. The average molecular weight is 807 g/mol. The molecule has 1 saturated heterocycles. The number of carbonyl (C=O) groups is 2. The first kappa shape index (κ1) is 52.7. The van der Waals surface area contributed by atoms with Gasteiger partial charge in [-0.3, -0.25) is 9.59 Å². The van der Waals surface area contributed by atoms with Crippen molar-refractivity contribution in [2.24, 2.45) is 0 Å². The minimum atomic E-state index is -1.61. The number of allylic oxidation sites excluding steroid dienone is 5. The van der Waals surface area contributed by atoms with Gasteiger partial charge in [-0.05, 0) is 76.4 Å². The Morgan fingerprint density at radius 2 is 1.11 bits per heavy atom. The van der Waals surface area contributed by atoms with E-state index in [1.54, 1.807) is 0 Å². The highest BCUT2D eigenvalue weighted by Crippen LogP contribution is 2.22. The van der Waals surface area contributed by atoms with Crippen LogP contribution >= 0.6 is 0 Å². The van der Waals surface area contributed by atoms with Gasteiger partial charge in [0.2, 0.25) is 0 Å². The first-order chi connectivity index (χ1) is 27.8. The first-order valence-corrected chi connectivity index (χ1v) is 22.8. The van der Waals surface area contributed by atoms with Gasteiger partial charge in [0.05, 0.1) is 13.2 Å². The van der Waals surface area contributed by atoms with E-state index in [9.17, 15) is 30.0 Å². The summed E-state index contributed by atoms with van der Waals surface area (Å²) < 4.78 is 22.1. The van der Waals surface area contributed by atoms with E-state index in [2.05, 4.69) is 56.0 Å². The standard InChI is InChI=1S/C47H82O10/c1-3-5-7-9-11-13-15-17-19-20-22-24-26-28-30-32-34-36-43(50)56-40(39-55-47-46(53)45(52)44(51)41(37-48)57-47)38-54-42(49)35-33-31-29-27-25-23-21-18-16-14-12-10-8-6-4-2/h16,21-22,24,28,30,40-41,44-48,51-53H,3-15,17,19-20,23,25-27,29,31-39H2,1-2H3/b24-22+,30-28+/t18?,40-,41-,44+,45?,46?,47-/m1/s1. The Morgan fingerprint density at radius 3 is 1.68 bits per heavy atom. The van der Waals surface area contributed by atoms with Gasteiger partial charge in [-0.25, -0.2) is 0 Å². The Hall–Kier alpha value is -2.30. The van der Waals surface area contributed by atoms with Crippen LogP contribution in [0.15, 0.2) is 42.2 Å². The van der Waals surface area contributed by atoms with Crippen LogP contribution in [-0.4, -0.2) is 89.0 Å². The number of unbranched alkanes of at least 4 members (excludes halogenated alkanes) is 20. The number of esters is 2. The van der Waals surface area contributed by atoms with Gasteiger partial charge in [-0.2, -0.15) is 0 Å². The van der Waals surface area contributed by atoms with E-state index >= 15 is 0 Å². The number of rotatable bonds is 37. The van der Waals surface area contributed by atoms with Crippen molar-refractivity contribution in [3.63, 3.8) is 0 Å². The molecule has 0 bridgehead atoms.